The van der Waals surface area contributed by atoms with Gasteiger partial charge in [0, 0.05) is 6.54 Å². The van der Waals surface area contributed by atoms with E-state index in [9.17, 15) is 5.11 Å². The fourth-order valence-corrected chi connectivity index (χ4v) is 3.18. The number of nitrogens with zero attached hydrogens (tertiary/aromatic N) is 1. The summed E-state index contributed by atoms with van der Waals surface area (Å²) >= 11 is 0. The maximum atomic E-state index is 10.4. The van der Waals surface area contributed by atoms with Crippen LogP contribution in [0.15, 0.2) is 54.6 Å². The fraction of sp³-hybridized carbons (Fsp3) is 0.400. The SMILES string of the molecule is O[C@H](CCN1CCCCC1)c1ccc(-c2ccccc2)cc1. The van der Waals surface area contributed by atoms with Crippen molar-refractivity contribution in [2.75, 3.05) is 19.6 Å². The zero-order valence-electron chi connectivity index (χ0n) is 13.1. The predicted octanol–water partition coefficient (Wildman–Crippen LogP) is 4.26. The Morgan fingerprint density at radius 1 is 0.818 bits per heavy atom. The van der Waals surface area contributed by atoms with Gasteiger partial charge in [-0.2, -0.15) is 0 Å². The van der Waals surface area contributed by atoms with Crippen molar-refractivity contribution in [2.45, 2.75) is 31.8 Å². The second-order valence-electron chi connectivity index (χ2n) is 6.19. The van der Waals surface area contributed by atoms with Crippen LogP contribution in [0.5, 0.6) is 0 Å². The molecule has 2 nitrogen and oxygen atoms in total. The molecular weight excluding hydrogens is 270 g/mol. The van der Waals surface area contributed by atoms with Gasteiger partial charge in [0.1, 0.15) is 0 Å². The van der Waals surface area contributed by atoms with Crippen molar-refractivity contribution in [1.29, 1.82) is 0 Å². The Bertz CT molecular complexity index is 558. The van der Waals surface area contributed by atoms with E-state index in [0.29, 0.717) is 0 Å². The van der Waals surface area contributed by atoms with Gasteiger partial charge in [0.2, 0.25) is 0 Å². The molecule has 1 N–H and O–H groups in total. The van der Waals surface area contributed by atoms with Crippen LogP contribution < -0.4 is 0 Å². The summed E-state index contributed by atoms with van der Waals surface area (Å²) in [6.07, 6.45) is 4.45. The molecule has 1 aliphatic rings. The lowest BCUT2D eigenvalue weighted by Crippen LogP contribution is -2.31. The molecule has 0 unspecified atom stereocenters. The number of benzene rings is 2. The average Bonchev–Trinajstić information content (AvgIpc) is 2.61. The van der Waals surface area contributed by atoms with Crippen LogP contribution in [0.2, 0.25) is 0 Å². The minimum absolute atomic E-state index is 0.355. The van der Waals surface area contributed by atoms with Crippen molar-refractivity contribution >= 4 is 0 Å². The van der Waals surface area contributed by atoms with Gasteiger partial charge in [0.05, 0.1) is 6.10 Å². The zero-order chi connectivity index (χ0) is 15.2. The number of aliphatic hydroxyl groups excluding tert-OH is 1. The lowest BCUT2D eigenvalue weighted by Gasteiger charge is -2.27. The number of hydrogen-bond acceptors (Lipinski definition) is 2. The minimum atomic E-state index is -0.355. The molecule has 2 aromatic rings. The van der Waals surface area contributed by atoms with E-state index in [1.807, 2.05) is 6.07 Å². The van der Waals surface area contributed by atoms with E-state index in [1.165, 1.54) is 43.5 Å². The van der Waals surface area contributed by atoms with E-state index < -0.39 is 0 Å². The topological polar surface area (TPSA) is 23.5 Å². The van der Waals surface area contributed by atoms with Crippen molar-refractivity contribution in [2.24, 2.45) is 0 Å². The van der Waals surface area contributed by atoms with Crippen molar-refractivity contribution in [1.82, 2.24) is 4.90 Å². The van der Waals surface area contributed by atoms with E-state index in [0.717, 1.165) is 18.5 Å². The summed E-state index contributed by atoms with van der Waals surface area (Å²) < 4.78 is 0. The molecule has 3 rings (SSSR count). The summed E-state index contributed by atoms with van der Waals surface area (Å²) in [6.45, 7) is 3.39. The molecule has 1 aliphatic heterocycles. The van der Waals surface area contributed by atoms with Gasteiger partial charge in [-0.25, -0.2) is 0 Å². The Kier molecular flexibility index (Phi) is 5.25. The summed E-state index contributed by atoms with van der Waals surface area (Å²) in [6, 6.07) is 18.7. The monoisotopic (exact) mass is 295 g/mol. The van der Waals surface area contributed by atoms with Gasteiger partial charge in [-0.1, -0.05) is 61.0 Å². The summed E-state index contributed by atoms with van der Waals surface area (Å²) in [7, 11) is 0. The number of rotatable bonds is 5. The molecule has 2 aromatic carbocycles. The zero-order valence-corrected chi connectivity index (χ0v) is 13.1. The van der Waals surface area contributed by atoms with E-state index in [-0.39, 0.29) is 6.10 Å². The van der Waals surface area contributed by atoms with Gasteiger partial charge >= 0.3 is 0 Å². The number of piperidine rings is 1. The third kappa shape index (κ3) is 3.96. The van der Waals surface area contributed by atoms with E-state index in [2.05, 4.69) is 53.4 Å². The highest BCUT2D eigenvalue weighted by molar-refractivity contribution is 5.63. The first-order valence-corrected chi connectivity index (χ1v) is 8.39. The predicted molar refractivity (Wildman–Crippen MR) is 91.7 cm³/mol. The molecule has 22 heavy (non-hydrogen) atoms. The Balaban J connectivity index is 1.57. The molecule has 0 saturated carbocycles. The van der Waals surface area contributed by atoms with E-state index >= 15 is 0 Å². The van der Waals surface area contributed by atoms with Crippen LogP contribution in [0.4, 0.5) is 0 Å². The minimum Gasteiger partial charge on any atom is -0.388 e. The van der Waals surface area contributed by atoms with E-state index in [4.69, 9.17) is 0 Å². The molecule has 0 spiro atoms. The van der Waals surface area contributed by atoms with Gasteiger partial charge in [-0.3, -0.25) is 0 Å². The average molecular weight is 295 g/mol. The summed E-state index contributed by atoms with van der Waals surface area (Å²) in [5, 5.41) is 10.4. The van der Waals surface area contributed by atoms with Gasteiger partial charge in [0.25, 0.3) is 0 Å². The molecular formula is C20H25NO. The Labute approximate surface area is 133 Å². The first-order chi connectivity index (χ1) is 10.8. The first-order valence-electron chi connectivity index (χ1n) is 8.39. The molecule has 0 amide bonds. The van der Waals surface area contributed by atoms with Crippen molar-refractivity contribution in [3.8, 4) is 11.1 Å². The second kappa shape index (κ2) is 7.57. The molecule has 1 fully saturated rings. The molecule has 1 saturated heterocycles. The smallest absolute Gasteiger partial charge is 0.0802 e. The molecule has 0 aliphatic carbocycles. The summed E-state index contributed by atoms with van der Waals surface area (Å²) in [5.41, 5.74) is 3.45. The molecule has 1 atom stereocenters. The first kappa shape index (κ1) is 15.3. The van der Waals surface area contributed by atoms with Crippen LogP contribution >= 0.6 is 0 Å². The molecule has 2 heteroatoms. The van der Waals surface area contributed by atoms with Crippen LogP contribution in [-0.4, -0.2) is 29.6 Å². The largest absolute Gasteiger partial charge is 0.388 e. The number of hydrogen-bond donors (Lipinski definition) is 1. The molecule has 0 bridgehead atoms. The second-order valence-corrected chi connectivity index (χ2v) is 6.19. The highest BCUT2D eigenvalue weighted by atomic mass is 16.3. The quantitative estimate of drug-likeness (QED) is 0.890. The lowest BCUT2D eigenvalue weighted by atomic mass is 10.0. The third-order valence-corrected chi connectivity index (χ3v) is 4.57. The highest BCUT2D eigenvalue weighted by Gasteiger charge is 2.13. The molecule has 0 radical (unpaired) electrons. The van der Waals surface area contributed by atoms with Gasteiger partial charge in [-0.05, 0) is 49.0 Å². The standard InChI is InChI=1S/C20H25NO/c22-20(13-16-21-14-5-2-6-15-21)19-11-9-18(10-12-19)17-7-3-1-4-8-17/h1,3-4,7-12,20,22H,2,5-6,13-16H2/t20-/m1/s1. The van der Waals surface area contributed by atoms with Crippen LogP contribution in [0, 0.1) is 0 Å². The van der Waals surface area contributed by atoms with E-state index in [1.54, 1.807) is 0 Å². The third-order valence-electron chi connectivity index (χ3n) is 4.57. The van der Waals surface area contributed by atoms with Gasteiger partial charge in [-0.15, -0.1) is 0 Å². The maximum absolute atomic E-state index is 10.4. The molecule has 0 aromatic heterocycles. The van der Waals surface area contributed by atoms with Crippen LogP contribution in [0.1, 0.15) is 37.4 Å². The fourth-order valence-electron chi connectivity index (χ4n) is 3.18. The molecule has 1 heterocycles. The lowest BCUT2D eigenvalue weighted by molar-refractivity contribution is 0.134. The van der Waals surface area contributed by atoms with Gasteiger partial charge < -0.3 is 10.0 Å². The van der Waals surface area contributed by atoms with Crippen molar-refractivity contribution in [3.63, 3.8) is 0 Å². The van der Waals surface area contributed by atoms with Crippen LogP contribution in [-0.2, 0) is 0 Å². The Hall–Kier alpha value is -1.64. The highest BCUT2D eigenvalue weighted by Crippen LogP contribution is 2.23. The van der Waals surface area contributed by atoms with Crippen LogP contribution in [0.25, 0.3) is 11.1 Å². The Morgan fingerprint density at radius 3 is 2.14 bits per heavy atom. The normalized spacial score (nSPS) is 17.3. The maximum Gasteiger partial charge on any atom is 0.0802 e. The van der Waals surface area contributed by atoms with Gasteiger partial charge in [0.15, 0.2) is 0 Å². The number of likely N-dealkylation sites (tertiary alicyclic amines) is 1. The number of aliphatic hydroxyl groups is 1. The molecule has 116 valence electrons. The van der Waals surface area contributed by atoms with Crippen molar-refractivity contribution in [3.05, 3.63) is 60.2 Å². The Morgan fingerprint density at radius 2 is 1.45 bits per heavy atom. The summed E-state index contributed by atoms with van der Waals surface area (Å²) in [5.74, 6) is 0. The van der Waals surface area contributed by atoms with Crippen molar-refractivity contribution < 1.29 is 5.11 Å². The van der Waals surface area contributed by atoms with Crippen LogP contribution in [0.3, 0.4) is 0 Å². The summed E-state index contributed by atoms with van der Waals surface area (Å²) in [4.78, 5) is 2.48.